The van der Waals surface area contributed by atoms with Gasteiger partial charge in [0, 0.05) is 24.2 Å². The molecule has 0 aromatic carbocycles. The zero-order chi connectivity index (χ0) is 11.4. The summed E-state index contributed by atoms with van der Waals surface area (Å²) in [6, 6.07) is 7.06. The number of nitriles is 1. The van der Waals surface area contributed by atoms with E-state index in [1.807, 2.05) is 6.07 Å². The van der Waals surface area contributed by atoms with Crippen molar-refractivity contribution in [1.82, 2.24) is 9.97 Å². The quantitative estimate of drug-likeness (QED) is 0.719. The van der Waals surface area contributed by atoms with Gasteiger partial charge in [-0.05, 0) is 29.3 Å². The van der Waals surface area contributed by atoms with Gasteiger partial charge in [-0.15, -0.1) is 0 Å². The maximum atomic E-state index is 13.5. The molecule has 0 saturated carbocycles. The highest BCUT2D eigenvalue weighted by Gasteiger charge is 2.07. The Morgan fingerprint density at radius 1 is 1.31 bits per heavy atom. The number of pyridine rings is 2. The summed E-state index contributed by atoms with van der Waals surface area (Å²) in [5, 5.41) is 8.57. The predicted octanol–water partition coefficient (Wildman–Crippen LogP) is 2.35. The lowest BCUT2D eigenvalue weighted by atomic mass is 10.1. The molecule has 0 saturated heterocycles. The Bertz CT molecular complexity index is 532. The van der Waals surface area contributed by atoms with Crippen molar-refractivity contribution in [1.29, 1.82) is 5.26 Å². The summed E-state index contributed by atoms with van der Waals surface area (Å²) in [5.41, 5.74) is 1.81. The maximum Gasteiger partial charge on any atom is 0.220 e. The summed E-state index contributed by atoms with van der Waals surface area (Å²) in [5.74, 6) is -0.534. The average Bonchev–Trinajstić information content (AvgIpc) is 2.33. The molecule has 0 N–H and O–H groups in total. The Balaban J connectivity index is 2.48. The molecule has 0 amide bonds. The third-order valence-electron chi connectivity index (χ3n) is 2.17. The van der Waals surface area contributed by atoms with Gasteiger partial charge in [-0.1, -0.05) is 0 Å². The minimum absolute atomic E-state index is 0.228. The van der Waals surface area contributed by atoms with Crippen LogP contribution in [0.15, 0.2) is 36.8 Å². The molecule has 2 rings (SSSR count). The second kappa shape index (κ2) is 4.49. The van der Waals surface area contributed by atoms with Gasteiger partial charge < -0.3 is 0 Å². The van der Waals surface area contributed by atoms with Crippen LogP contribution in [0.1, 0.15) is 5.56 Å². The molecule has 2 aromatic rings. The van der Waals surface area contributed by atoms with Crippen molar-refractivity contribution in [3.05, 3.63) is 48.3 Å². The largest absolute Gasteiger partial charge is 0.265 e. The Morgan fingerprint density at radius 3 is 2.75 bits per heavy atom. The molecule has 0 spiro atoms. The van der Waals surface area contributed by atoms with Crippen molar-refractivity contribution < 1.29 is 4.39 Å². The van der Waals surface area contributed by atoms with Crippen molar-refractivity contribution in [2.45, 2.75) is 6.42 Å². The van der Waals surface area contributed by atoms with Gasteiger partial charge in [0.25, 0.3) is 0 Å². The predicted molar refractivity (Wildman–Crippen MR) is 56.7 cm³/mol. The fraction of sp³-hybridized carbons (Fsp3) is 0.0833. The van der Waals surface area contributed by atoms with Crippen molar-refractivity contribution >= 4 is 0 Å². The molecule has 0 radical (unpaired) electrons. The first-order valence-corrected chi connectivity index (χ1v) is 4.73. The Kier molecular flexibility index (Phi) is 2.88. The van der Waals surface area contributed by atoms with Crippen LogP contribution in [-0.2, 0) is 6.42 Å². The van der Waals surface area contributed by atoms with Gasteiger partial charge >= 0.3 is 0 Å². The van der Waals surface area contributed by atoms with Crippen molar-refractivity contribution in [2.24, 2.45) is 0 Å². The van der Waals surface area contributed by atoms with Crippen LogP contribution in [0.2, 0.25) is 0 Å². The van der Waals surface area contributed by atoms with Crippen LogP contribution in [0, 0.1) is 17.3 Å². The van der Waals surface area contributed by atoms with E-state index >= 15 is 0 Å². The van der Waals surface area contributed by atoms with Gasteiger partial charge in [0.15, 0.2) is 0 Å². The van der Waals surface area contributed by atoms with E-state index in [0.717, 1.165) is 0 Å². The SMILES string of the molecule is N#CCc1cnc(F)c(-c2ccncc2)c1. The summed E-state index contributed by atoms with van der Waals surface area (Å²) < 4.78 is 13.5. The van der Waals surface area contributed by atoms with E-state index < -0.39 is 5.95 Å². The van der Waals surface area contributed by atoms with Gasteiger partial charge in [0.2, 0.25) is 5.95 Å². The summed E-state index contributed by atoms with van der Waals surface area (Å²) in [6.07, 6.45) is 4.78. The molecule has 0 bridgehead atoms. The van der Waals surface area contributed by atoms with E-state index in [0.29, 0.717) is 16.7 Å². The van der Waals surface area contributed by atoms with Crippen LogP contribution in [-0.4, -0.2) is 9.97 Å². The van der Waals surface area contributed by atoms with Crippen LogP contribution < -0.4 is 0 Å². The standard InChI is InChI=1S/C12H8FN3/c13-12-11(10-2-5-15-6-3-10)7-9(1-4-14)8-16-12/h2-3,5-8H,1H2. The van der Waals surface area contributed by atoms with Gasteiger partial charge in [0.05, 0.1) is 12.5 Å². The fourth-order valence-electron chi connectivity index (χ4n) is 1.41. The minimum Gasteiger partial charge on any atom is -0.265 e. The monoisotopic (exact) mass is 213 g/mol. The van der Waals surface area contributed by atoms with Crippen LogP contribution >= 0.6 is 0 Å². The fourth-order valence-corrected chi connectivity index (χ4v) is 1.41. The molecular weight excluding hydrogens is 205 g/mol. The number of halogens is 1. The lowest BCUT2D eigenvalue weighted by molar-refractivity contribution is 0.586. The number of nitrogens with zero attached hydrogens (tertiary/aromatic N) is 3. The third-order valence-corrected chi connectivity index (χ3v) is 2.17. The molecular formula is C12H8FN3. The highest BCUT2D eigenvalue weighted by molar-refractivity contribution is 5.63. The molecule has 2 aromatic heterocycles. The number of aromatic nitrogens is 2. The zero-order valence-corrected chi connectivity index (χ0v) is 8.39. The normalized spacial score (nSPS) is 9.75. The summed E-state index contributed by atoms with van der Waals surface area (Å²) in [6.45, 7) is 0. The highest BCUT2D eigenvalue weighted by atomic mass is 19.1. The smallest absolute Gasteiger partial charge is 0.220 e. The van der Waals surface area contributed by atoms with Crippen LogP contribution in [0.25, 0.3) is 11.1 Å². The number of rotatable bonds is 2. The van der Waals surface area contributed by atoms with Crippen molar-refractivity contribution in [3.63, 3.8) is 0 Å². The van der Waals surface area contributed by atoms with Crippen LogP contribution in [0.4, 0.5) is 4.39 Å². The molecule has 0 unspecified atom stereocenters. The Morgan fingerprint density at radius 2 is 2.06 bits per heavy atom. The van der Waals surface area contributed by atoms with E-state index in [4.69, 9.17) is 5.26 Å². The topological polar surface area (TPSA) is 49.6 Å². The maximum absolute atomic E-state index is 13.5. The zero-order valence-electron chi connectivity index (χ0n) is 8.39. The van der Waals surface area contributed by atoms with Gasteiger partial charge in [-0.2, -0.15) is 9.65 Å². The molecule has 16 heavy (non-hydrogen) atoms. The molecule has 0 fully saturated rings. The second-order valence-electron chi connectivity index (χ2n) is 3.25. The molecule has 0 aliphatic rings. The van der Waals surface area contributed by atoms with Gasteiger partial charge in [0.1, 0.15) is 0 Å². The van der Waals surface area contributed by atoms with Crippen LogP contribution in [0.5, 0.6) is 0 Å². The molecule has 4 heteroatoms. The van der Waals surface area contributed by atoms with Gasteiger partial charge in [-0.25, -0.2) is 4.98 Å². The third kappa shape index (κ3) is 2.04. The molecule has 0 atom stereocenters. The minimum atomic E-state index is -0.534. The van der Waals surface area contributed by atoms with Gasteiger partial charge in [-0.3, -0.25) is 4.98 Å². The number of hydrogen-bond acceptors (Lipinski definition) is 3. The lowest BCUT2D eigenvalue weighted by Crippen LogP contribution is -1.92. The molecule has 78 valence electrons. The lowest BCUT2D eigenvalue weighted by Gasteiger charge is -2.03. The van der Waals surface area contributed by atoms with Crippen molar-refractivity contribution in [3.8, 4) is 17.2 Å². The summed E-state index contributed by atoms with van der Waals surface area (Å²) in [7, 11) is 0. The Hall–Kier alpha value is -2.28. The molecule has 2 heterocycles. The summed E-state index contributed by atoms with van der Waals surface area (Å²) >= 11 is 0. The van der Waals surface area contributed by atoms with E-state index in [9.17, 15) is 4.39 Å². The first-order chi connectivity index (χ1) is 7.81. The molecule has 3 nitrogen and oxygen atoms in total. The first-order valence-electron chi connectivity index (χ1n) is 4.73. The second-order valence-corrected chi connectivity index (χ2v) is 3.25. The number of hydrogen-bond donors (Lipinski definition) is 0. The van der Waals surface area contributed by atoms with E-state index in [1.54, 1.807) is 30.6 Å². The van der Waals surface area contributed by atoms with E-state index in [2.05, 4.69) is 9.97 Å². The van der Waals surface area contributed by atoms with E-state index in [1.165, 1.54) is 6.20 Å². The summed E-state index contributed by atoms with van der Waals surface area (Å²) in [4.78, 5) is 7.50. The highest BCUT2D eigenvalue weighted by Crippen LogP contribution is 2.21. The average molecular weight is 213 g/mol. The van der Waals surface area contributed by atoms with Crippen LogP contribution in [0.3, 0.4) is 0 Å². The van der Waals surface area contributed by atoms with E-state index in [-0.39, 0.29) is 6.42 Å². The first kappa shape index (κ1) is 10.2. The molecule has 0 aliphatic carbocycles. The Labute approximate surface area is 92.2 Å². The molecule has 0 aliphatic heterocycles. The van der Waals surface area contributed by atoms with Crippen molar-refractivity contribution in [2.75, 3.05) is 0 Å².